The molecule has 2 saturated heterocycles. The highest BCUT2D eigenvalue weighted by Gasteiger charge is 2.53. The van der Waals surface area contributed by atoms with Gasteiger partial charge in [0.25, 0.3) is 0 Å². The van der Waals surface area contributed by atoms with Crippen molar-refractivity contribution in [3.8, 4) is 0 Å². The molecule has 4 aliphatic rings. The first-order chi connectivity index (χ1) is 22.0. The maximum Gasteiger partial charge on any atom is 0.416 e. The Balaban J connectivity index is 1.20. The van der Waals surface area contributed by atoms with Gasteiger partial charge >= 0.3 is 12.3 Å². The number of nitrogens with zero attached hydrogens (tertiary/aromatic N) is 4. The van der Waals surface area contributed by atoms with Gasteiger partial charge in [0.15, 0.2) is 0 Å². The van der Waals surface area contributed by atoms with Crippen molar-refractivity contribution in [1.82, 2.24) is 20.7 Å². The summed E-state index contributed by atoms with van der Waals surface area (Å²) < 4.78 is 59.8. The van der Waals surface area contributed by atoms with Crippen molar-refractivity contribution in [1.29, 1.82) is 0 Å². The Kier molecular flexibility index (Phi) is 8.93. The summed E-state index contributed by atoms with van der Waals surface area (Å²) >= 11 is 0. The molecule has 0 aromatic heterocycles. The van der Waals surface area contributed by atoms with E-state index in [1.165, 1.54) is 6.07 Å². The van der Waals surface area contributed by atoms with Gasteiger partial charge in [0.2, 0.25) is 0 Å². The van der Waals surface area contributed by atoms with E-state index in [0.29, 0.717) is 18.9 Å². The topological polar surface area (TPSA) is 72.4 Å². The number of amidine groups is 1. The van der Waals surface area contributed by atoms with Crippen molar-refractivity contribution in [3.05, 3.63) is 77.2 Å². The maximum atomic E-state index is 14.9. The Morgan fingerprint density at radius 2 is 1.85 bits per heavy atom. The highest BCUT2D eigenvalue weighted by atomic mass is 19.4. The highest BCUT2D eigenvalue weighted by molar-refractivity contribution is 5.79. The summed E-state index contributed by atoms with van der Waals surface area (Å²) in [7, 11) is 3.47. The summed E-state index contributed by atoms with van der Waals surface area (Å²) in [5.41, 5.74) is 4.76. The molecule has 3 heterocycles. The number of halogens is 4. The van der Waals surface area contributed by atoms with Gasteiger partial charge in [0.05, 0.1) is 12.1 Å². The molecular formula is C34H42F4N6O2. The van der Waals surface area contributed by atoms with Gasteiger partial charge in [-0.3, -0.25) is 15.4 Å². The average molecular weight is 643 g/mol. The first kappa shape index (κ1) is 32.2. The van der Waals surface area contributed by atoms with Crippen LogP contribution in [0.25, 0.3) is 0 Å². The molecule has 12 heteroatoms. The van der Waals surface area contributed by atoms with Gasteiger partial charge < -0.3 is 19.9 Å². The average Bonchev–Trinajstić information content (AvgIpc) is 3.44. The van der Waals surface area contributed by atoms with Crippen molar-refractivity contribution in [2.45, 2.75) is 43.9 Å². The second-order valence-corrected chi connectivity index (χ2v) is 13.1. The third-order valence-corrected chi connectivity index (χ3v) is 10.3. The van der Waals surface area contributed by atoms with Gasteiger partial charge in [-0.25, -0.2) is 9.18 Å². The fourth-order valence-corrected chi connectivity index (χ4v) is 7.91. The maximum absolute atomic E-state index is 14.9. The minimum absolute atomic E-state index is 0.145. The minimum Gasteiger partial charge on any atom is -0.445 e. The lowest BCUT2D eigenvalue weighted by atomic mass is 9.59. The third-order valence-electron chi connectivity index (χ3n) is 10.3. The lowest BCUT2D eigenvalue weighted by Crippen LogP contribution is -2.55. The number of ether oxygens (including phenoxy) is 1. The molecule has 3 aliphatic heterocycles. The standard InChI is InChI=1S/C34H42F4N6O2/c1-22-40-21-33(26-5-4-6-27(35)15-26,30-16-29(42(3)41-22)17-31(30)46-32(45)39-2)24-11-13-43(14-12-24)18-23-19-44(20-23)28-9-7-25(8-10-28)34(36,37)38/h4-10,15-16,23-24,30-31H,11-14,17-21H2,1-3H3,(H,39,45)(H,40,41)/t30-,31-,33-/m0/s1. The molecule has 8 nitrogen and oxygen atoms in total. The van der Waals surface area contributed by atoms with Crippen LogP contribution in [0, 0.1) is 23.6 Å². The van der Waals surface area contributed by atoms with Crippen molar-refractivity contribution in [2.75, 3.05) is 58.3 Å². The van der Waals surface area contributed by atoms with Crippen LogP contribution in [-0.2, 0) is 16.3 Å². The van der Waals surface area contributed by atoms with Crippen molar-refractivity contribution >= 4 is 17.6 Å². The van der Waals surface area contributed by atoms with Crippen molar-refractivity contribution < 1.29 is 27.1 Å². The first-order valence-corrected chi connectivity index (χ1v) is 16.0. The Bertz CT molecular complexity index is 1470. The van der Waals surface area contributed by atoms with Crippen LogP contribution in [0.3, 0.4) is 0 Å². The fraction of sp³-hybridized carbons (Fsp3) is 0.529. The van der Waals surface area contributed by atoms with Gasteiger partial charge in [0, 0.05) is 68.8 Å². The SMILES string of the molecule is CNC(=O)O[C@H]1CC2=C[C@@H]1[C@](c1cccc(F)c1)(C1CCN(CC3CN(c4ccc(C(F)(F)F)cc4)C3)CC1)CN=C(C)NN2C. The molecule has 1 amide bonds. The zero-order chi connectivity index (χ0) is 32.6. The number of rotatable bonds is 6. The largest absolute Gasteiger partial charge is 0.445 e. The monoisotopic (exact) mass is 642 g/mol. The Hall–Kier alpha value is -3.80. The predicted molar refractivity (Wildman–Crippen MR) is 169 cm³/mol. The van der Waals surface area contributed by atoms with E-state index in [4.69, 9.17) is 9.73 Å². The summed E-state index contributed by atoms with van der Waals surface area (Å²) in [5.74, 6) is 0.813. The Morgan fingerprint density at radius 3 is 2.50 bits per heavy atom. The lowest BCUT2D eigenvalue weighted by Gasteiger charge is -2.50. The number of hydrazine groups is 1. The van der Waals surface area contributed by atoms with Crippen LogP contribution in [0.1, 0.15) is 37.3 Å². The van der Waals surface area contributed by atoms with E-state index in [0.717, 1.165) is 80.5 Å². The second kappa shape index (κ2) is 12.8. The number of hydrogen-bond donors (Lipinski definition) is 2. The van der Waals surface area contributed by atoms with E-state index in [9.17, 15) is 22.4 Å². The van der Waals surface area contributed by atoms with Gasteiger partial charge in [-0.1, -0.05) is 18.2 Å². The van der Waals surface area contributed by atoms with E-state index in [2.05, 4.69) is 26.6 Å². The number of anilines is 1. The van der Waals surface area contributed by atoms with E-state index < -0.39 is 29.4 Å². The fourth-order valence-electron chi connectivity index (χ4n) is 7.91. The molecule has 0 radical (unpaired) electrons. The summed E-state index contributed by atoms with van der Waals surface area (Å²) in [4.78, 5) is 22.1. The number of alkyl carbamates (subject to hydrolysis) is 1. The third kappa shape index (κ3) is 6.41. The number of likely N-dealkylation sites (tertiary alicyclic amines) is 1. The molecule has 6 rings (SSSR count). The normalized spacial score (nSPS) is 26.2. The van der Waals surface area contributed by atoms with Gasteiger partial charge in [0.1, 0.15) is 17.8 Å². The Morgan fingerprint density at radius 1 is 1.13 bits per heavy atom. The zero-order valence-corrected chi connectivity index (χ0v) is 26.5. The number of aliphatic imine (C=N–C) groups is 1. The van der Waals surface area contributed by atoms with Crippen LogP contribution in [0.15, 0.2) is 65.3 Å². The zero-order valence-electron chi connectivity index (χ0n) is 26.5. The van der Waals surface area contributed by atoms with Gasteiger partial charge in [-0.05, 0) is 80.7 Å². The Labute approximate surface area is 267 Å². The molecule has 0 spiro atoms. The van der Waals surface area contributed by atoms with E-state index >= 15 is 0 Å². The molecule has 0 unspecified atom stereocenters. The van der Waals surface area contributed by atoms with Crippen LogP contribution in [-0.4, -0.2) is 81.3 Å². The molecule has 1 aliphatic carbocycles. The first-order valence-electron chi connectivity index (χ1n) is 16.0. The molecule has 0 saturated carbocycles. The van der Waals surface area contributed by atoms with Crippen molar-refractivity contribution in [3.63, 3.8) is 0 Å². The molecule has 2 N–H and O–H groups in total. The van der Waals surface area contributed by atoms with Crippen LogP contribution < -0.4 is 15.6 Å². The molecule has 46 heavy (non-hydrogen) atoms. The predicted octanol–water partition coefficient (Wildman–Crippen LogP) is 5.43. The molecular weight excluding hydrogens is 600 g/mol. The lowest BCUT2D eigenvalue weighted by molar-refractivity contribution is -0.137. The number of fused-ring (bicyclic) bond motifs is 1. The number of carbonyl (C=O) groups excluding carboxylic acids is 1. The molecule has 2 bridgehead atoms. The smallest absolute Gasteiger partial charge is 0.416 e. The van der Waals surface area contributed by atoms with E-state index in [1.54, 1.807) is 31.3 Å². The van der Waals surface area contributed by atoms with Crippen LogP contribution in [0.4, 0.5) is 28.0 Å². The highest BCUT2D eigenvalue weighted by Crippen LogP contribution is 2.51. The quantitative estimate of drug-likeness (QED) is 0.410. The number of carbonyl (C=O) groups is 1. The number of piperidine rings is 1. The number of hydrogen-bond acceptors (Lipinski definition) is 7. The number of nitrogens with one attached hydrogen (secondary N) is 2. The van der Waals surface area contributed by atoms with Gasteiger partial charge in [-0.2, -0.15) is 13.2 Å². The second-order valence-electron chi connectivity index (χ2n) is 13.1. The summed E-state index contributed by atoms with van der Waals surface area (Å²) in [5, 5.41) is 4.52. The van der Waals surface area contributed by atoms with Gasteiger partial charge in [-0.15, -0.1) is 0 Å². The number of amides is 1. The molecule has 2 fully saturated rings. The van der Waals surface area contributed by atoms with Crippen LogP contribution in [0.2, 0.25) is 0 Å². The van der Waals surface area contributed by atoms with Crippen LogP contribution in [0.5, 0.6) is 0 Å². The summed E-state index contributed by atoms with van der Waals surface area (Å²) in [6, 6.07) is 12.2. The molecule has 248 valence electrons. The van der Waals surface area contributed by atoms with Crippen molar-refractivity contribution in [2.24, 2.45) is 22.7 Å². The molecule has 2 aromatic carbocycles. The van der Waals surface area contributed by atoms with Crippen LogP contribution >= 0.6 is 0 Å². The number of alkyl halides is 3. The molecule has 3 atom stereocenters. The van der Waals surface area contributed by atoms with E-state index in [-0.39, 0.29) is 17.7 Å². The minimum atomic E-state index is -4.34. The summed E-state index contributed by atoms with van der Waals surface area (Å²) in [6.07, 6.45) is -0.812. The summed E-state index contributed by atoms with van der Waals surface area (Å²) in [6.45, 7) is 6.61. The molecule has 2 aromatic rings. The number of benzene rings is 2. The van der Waals surface area contributed by atoms with E-state index in [1.807, 2.05) is 25.0 Å².